The van der Waals surface area contributed by atoms with E-state index in [-0.39, 0.29) is 23.0 Å². The Morgan fingerprint density at radius 3 is 2.78 bits per heavy atom. The molecule has 0 spiro atoms. The predicted octanol–water partition coefficient (Wildman–Crippen LogP) is 1.97. The van der Waals surface area contributed by atoms with E-state index in [9.17, 15) is 13.2 Å². The van der Waals surface area contributed by atoms with Crippen LogP contribution in [0.1, 0.15) is 29.1 Å². The quantitative estimate of drug-likeness (QED) is 0.567. The van der Waals surface area contributed by atoms with Gasteiger partial charge in [0.05, 0.1) is 28.5 Å². The Labute approximate surface area is 157 Å². The van der Waals surface area contributed by atoms with E-state index >= 15 is 0 Å². The molecule has 0 aliphatic rings. The fraction of sp³-hybridized carbons (Fsp3) is 0.158. The van der Waals surface area contributed by atoms with Crippen LogP contribution in [-0.2, 0) is 10.0 Å². The molecule has 0 saturated heterocycles. The first-order valence-electron chi connectivity index (χ1n) is 8.19. The van der Waals surface area contributed by atoms with Gasteiger partial charge in [0.1, 0.15) is 5.82 Å². The molecule has 3 N–H and O–H groups in total. The molecule has 1 heterocycles. The van der Waals surface area contributed by atoms with Crippen LogP contribution in [0.25, 0.3) is 11.0 Å². The number of aromatic nitrogens is 2. The van der Waals surface area contributed by atoms with E-state index < -0.39 is 15.9 Å². The molecule has 0 bridgehead atoms. The molecule has 1 unspecified atom stereocenters. The van der Waals surface area contributed by atoms with Crippen LogP contribution in [0, 0.1) is 12.3 Å². The molecule has 3 aromatic rings. The molecule has 0 radical (unpaired) electrons. The van der Waals surface area contributed by atoms with Crippen molar-refractivity contribution >= 4 is 27.0 Å². The number of sulfonamides is 1. The number of fused-ring (bicyclic) bond motifs is 1. The highest BCUT2D eigenvalue weighted by Gasteiger charge is 2.18. The SMILES string of the molecule is C#CCNS(=O)(=O)c1cccc(C(=O)NC(C)c2nc3ccccc3[nH]2)c1. The minimum absolute atomic E-state index is 0.0261. The number of aromatic amines is 1. The molecule has 1 atom stereocenters. The minimum atomic E-state index is -3.77. The van der Waals surface area contributed by atoms with Crippen LogP contribution in [0.5, 0.6) is 0 Å². The number of amides is 1. The second-order valence-corrected chi connectivity index (χ2v) is 7.66. The first kappa shape index (κ1) is 18.6. The van der Waals surface area contributed by atoms with Crippen molar-refractivity contribution in [1.82, 2.24) is 20.0 Å². The van der Waals surface area contributed by atoms with Crippen molar-refractivity contribution in [2.45, 2.75) is 17.9 Å². The molecule has 0 saturated carbocycles. The van der Waals surface area contributed by atoms with Crippen molar-refractivity contribution in [1.29, 1.82) is 0 Å². The van der Waals surface area contributed by atoms with Crippen molar-refractivity contribution in [2.24, 2.45) is 0 Å². The molecule has 2 aromatic carbocycles. The van der Waals surface area contributed by atoms with Crippen molar-refractivity contribution < 1.29 is 13.2 Å². The number of imidazole rings is 1. The van der Waals surface area contributed by atoms with Crippen LogP contribution < -0.4 is 10.0 Å². The molecule has 7 nitrogen and oxygen atoms in total. The Balaban J connectivity index is 1.78. The minimum Gasteiger partial charge on any atom is -0.342 e. The van der Waals surface area contributed by atoms with Gasteiger partial charge in [-0.3, -0.25) is 4.79 Å². The van der Waals surface area contributed by atoms with Gasteiger partial charge in [-0.15, -0.1) is 6.42 Å². The van der Waals surface area contributed by atoms with E-state index in [1.807, 2.05) is 24.3 Å². The average Bonchev–Trinajstić information content (AvgIpc) is 3.11. The fourth-order valence-corrected chi connectivity index (χ4v) is 3.53. The third-order valence-electron chi connectivity index (χ3n) is 3.94. The molecule has 138 valence electrons. The molecular formula is C19H18N4O3S. The smallest absolute Gasteiger partial charge is 0.251 e. The Bertz CT molecular complexity index is 1100. The summed E-state index contributed by atoms with van der Waals surface area (Å²) in [5.41, 5.74) is 1.91. The largest absolute Gasteiger partial charge is 0.342 e. The molecule has 1 aromatic heterocycles. The summed E-state index contributed by atoms with van der Waals surface area (Å²) in [5, 5.41) is 2.81. The third-order valence-corrected chi connectivity index (χ3v) is 5.34. The number of rotatable bonds is 6. The van der Waals surface area contributed by atoms with Crippen LogP contribution in [0.2, 0.25) is 0 Å². The molecule has 27 heavy (non-hydrogen) atoms. The summed E-state index contributed by atoms with van der Waals surface area (Å²) in [6.45, 7) is 1.67. The van der Waals surface area contributed by atoms with Gasteiger partial charge in [0.15, 0.2) is 0 Å². The number of benzene rings is 2. The number of nitrogens with one attached hydrogen (secondary N) is 3. The first-order valence-corrected chi connectivity index (χ1v) is 9.68. The number of para-hydroxylation sites is 2. The van der Waals surface area contributed by atoms with Gasteiger partial charge in [-0.1, -0.05) is 24.1 Å². The number of carbonyl (C=O) groups is 1. The van der Waals surface area contributed by atoms with Gasteiger partial charge in [-0.05, 0) is 37.3 Å². The monoisotopic (exact) mass is 382 g/mol. The van der Waals surface area contributed by atoms with E-state index in [2.05, 4.69) is 25.9 Å². The zero-order valence-corrected chi connectivity index (χ0v) is 15.4. The number of H-pyrrole nitrogens is 1. The fourth-order valence-electron chi connectivity index (χ4n) is 2.55. The van der Waals surface area contributed by atoms with E-state index in [0.717, 1.165) is 11.0 Å². The molecule has 3 rings (SSSR count). The van der Waals surface area contributed by atoms with Gasteiger partial charge in [0, 0.05) is 5.56 Å². The van der Waals surface area contributed by atoms with Gasteiger partial charge in [0.25, 0.3) is 5.91 Å². The number of terminal acetylenes is 1. The normalized spacial score (nSPS) is 12.4. The lowest BCUT2D eigenvalue weighted by atomic mass is 10.2. The number of hydrogen-bond donors (Lipinski definition) is 3. The zero-order chi connectivity index (χ0) is 19.4. The summed E-state index contributed by atoms with van der Waals surface area (Å²) in [4.78, 5) is 20.1. The summed E-state index contributed by atoms with van der Waals surface area (Å²) in [6, 6.07) is 12.9. The second kappa shape index (κ2) is 7.61. The van der Waals surface area contributed by atoms with Gasteiger partial charge in [-0.25, -0.2) is 13.4 Å². The van der Waals surface area contributed by atoms with Gasteiger partial charge in [-0.2, -0.15) is 4.72 Å². The first-order chi connectivity index (χ1) is 12.9. The lowest BCUT2D eigenvalue weighted by Gasteiger charge is -2.12. The summed E-state index contributed by atoms with van der Waals surface area (Å²) >= 11 is 0. The van der Waals surface area contributed by atoms with Crippen LogP contribution >= 0.6 is 0 Å². The summed E-state index contributed by atoms with van der Waals surface area (Å²) < 4.78 is 26.6. The maximum absolute atomic E-state index is 12.5. The highest BCUT2D eigenvalue weighted by molar-refractivity contribution is 7.89. The second-order valence-electron chi connectivity index (χ2n) is 5.89. The highest BCUT2D eigenvalue weighted by atomic mass is 32.2. The Morgan fingerprint density at radius 2 is 2.04 bits per heavy atom. The maximum atomic E-state index is 12.5. The predicted molar refractivity (Wildman–Crippen MR) is 102 cm³/mol. The molecular weight excluding hydrogens is 364 g/mol. The van der Waals surface area contributed by atoms with Gasteiger partial charge >= 0.3 is 0 Å². The lowest BCUT2D eigenvalue weighted by molar-refractivity contribution is 0.0938. The van der Waals surface area contributed by atoms with Crippen molar-refractivity contribution in [2.75, 3.05) is 6.54 Å². The number of carbonyl (C=O) groups excluding carboxylic acids is 1. The van der Waals surface area contributed by atoms with Crippen LogP contribution in [0.4, 0.5) is 0 Å². The summed E-state index contributed by atoms with van der Waals surface area (Å²) in [7, 11) is -3.77. The maximum Gasteiger partial charge on any atom is 0.251 e. The lowest BCUT2D eigenvalue weighted by Crippen LogP contribution is -2.28. The summed E-state index contributed by atoms with van der Waals surface area (Å²) in [6.07, 6.45) is 5.08. The molecule has 8 heteroatoms. The third kappa shape index (κ3) is 4.16. The van der Waals surface area contributed by atoms with Crippen molar-refractivity contribution in [3.05, 3.63) is 59.9 Å². The van der Waals surface area contributed by atoms with E-state index in [0.29, 0.717) is 5.82 Å². The van der Waals surface area contributed by atoms with Crippen LogP contribution in [-0.4, -0.2) is 30.8 Å². The highest BCUT2D eigenvalue weighted by Crippen LogP contribution is 2.17. The zero-order valence-electron chi connectivity index (χ0n) is 14.6. The van der Waals surface area contributed by atoms with Crippen molar-refractivity contribution in [3.8, 4) is 12.3 Å². The Kier molecular flexibility index (Phi) is 5.26. The number of hydrogen-bond acceptors (Lipinski definition) is 4. The van der Waals surface area contributed by atoms with Crippen molar-refractivity contribution in [3.63, 3.8) is 0 Å². The van der Waals surface area contributed by atoms with Crippen LogP contribution in [0.3, 0.4) is 0 Å². The van der Waals surface area contributed by atoms with Gasteiger partial charge < -0.3 is 10.3 Å². The van der Waals surface area contributed by atoms with E-state index in [1.165, 1.54) is 18.2 Å². The molecule has 0 aliphatic heterocycles. The van der Waals surface area contributed by atoms with Gasteiger partial charge in [0.2, 0.25) is 10.0 Å². The Hall–Kier alpha value is -3.15. The molecule has 1 amide bonds. The average molecular weight is 382 g/mol. The number of nitrogens with zero attached hydrogens (tertiary/aromatic N) is 1. The standard InChI is InChI=1S/C19H18N4O3S/c1-3-11-20-27(25,26)15-8-6-7-14(12-15)19(24)21-13(2)18-22-16-9-4-5-10-17(16)23-18/h1,4-10,12-13,20H,11H2,2H3,(H,21,24)(H,22,23). The summed E-state index contributed by atoms with van der Waals surface area (Å²) in [5.74, 6) is 2.42. The molecule has 0 aliphatic carbocycles. The topological polar surface area (TPSA) is 104 Å². The van der Waals surface area contributed by atoms with E-state index in [1.54, 1.807) is 13.0 Å². The van der Waals surface area contributed by atoms with Crippen LogP contribution in [0.15, 0.2) is 53.4 Å². The Morgan fingerprint density at radius 1 is 1.26 bits per heavy atom. The van der Waals surface area contributed by atoms with E-state index in [4.69, 9.17) is 6.42 Å². The molecule has 0 fully saturated rings.